The van der Waals surface area contributed by atoms with E-state index < -0.39 is 0 Å². The van der Waals surface area contributed by atoms with E-state index in [2.05, 4.69) is 15.3 Å². The minimum absolute atomic E-state index is 0.395. The quantitative estimate of drug-likeness (QED) is 0.882. The van der Waals surface area contributed by atoms with Crippen molar-refractivity contribution >= 4 is 23.1 Å². The zero-order chi connectivity index (χ0) is 12.3. The molecule has 0 radical (unpaired) electrons. The third kappa shape index (κ3) is 2.52. The summed E-state index contributed by atoms with van der Waals surface area (Å²) >= 11 is 5.92. The number of nitrogens with one attached hydrogen (secondary N) is 1. The molecule has 4 nitrogen and oxygen atoms in total. The molecule has 0 aliphatic carbocycles. The molecule has 0 spiro atoms. The van der Waals surface area contributed by atoms with E-state index >= 15 is 0 Å². The maximum atomic E-state index is 8.92. The average molecular weight is 245 g/mol. The van der Waals surface area contributed by atoms with Crippen molar-refractivity contribution in [2.75, 3.05) is 5.32 Å². The summed E-state index contributed by atoms with van der Waals surface area (Å²) in [4.78, 5) is 7.83. The van der Waals surface area contributed by atoms with Crippen LogP contribution in [0.15, 0.2) is 30.7 Å². The zero-order valence-corrected chi connectivity index (χ0v) is 9.86. The van der Waals surface area contributed by atoms with Crippen LogP contribution < -0.4 is 5.32 Å². The lowest BCUT2D eigenvalue weighted by atomic mass is 10.2. The molecule has 2 aromatic rings. The zero-order valence-electron chi connectivity index (χ0n) is 9.11. The highest BCUT2D eigenvalue weighted by atomic mass is 35.5. The first kappa shape index (κ1) is 11.4. The van der Waals surface area contributed by atoms with Gasteiger partial charge >= 0.3 is 0 Å². The molecular formula is C12H9ClN4. The summed E-state index contributed by atoms with van der Waals surface area (Å²) < 4.78 is 0. The number of hydrogen-bond acceptors (Lipinski definition) is 4. The van der Waals surface area contributed by atoms with Crippen LogP contribution in [0.1, 0.15) is 11.1 Å². The van der Waals surface area contributed by atoms with E-state index in [-0.39, 0.29) is 0 Å². The van der Waals surface area contributed by atoms with Crippen LogP contribution in [-0.2, 0) is 0 Å². The molecule has 0 aliphatic heterocycles. The fourth-order valence-electron chi connectivity index (χ4n) is 1.37. The summed E-state index contributed by atoms with van der Waals surface area (Å²) in [5, 5.41) is 12.6. The van der Waals surface area contributed by atoms with Gasteiger partial charge in [0.15, 0.2) is 5.82 Å². The van der Waals surface area contributed by atoms with Gasteiger partial charge < -0.3 is 5.32 Å². The third-order valence-corrected chi connectivity index (χ3v) is 2.52. The van der Waals surface area contributed by atoms with Gasteiger partial charge in [-0.3, -0.25) is 0 Å². The van der Waals surface area contributed by atoms with Gasteiger partial charge in [-0.15, -0.1) is 0 Å². The van der Waals surface area contributed by atoms with Crippen LogP contribution in [0.3, 0.4) is 0 Å². The highest BCUT2D eigenvalue weighted by Gasteiger charge is 2.05. The standard InChI is InChI=1S/C12H9ClN4/c1-8-2-3-10(13)4-11(8)17-12-9(5-14)6-15-7-16-12/h2-4,6-7H,1H3,(H,15,16,17). The Kier molecular flexibility index (Phi) is 3.22. The van der Waals surface area contributed by atoms with E-state index in [4.69, 9.17) is 16.9 Å². The van der Waals surface area contributed by atoms with Crippen LogP contribution >= 0.6 is 11.6 Å². The maximum absolute atomic E-state index is 8.92. The maximum Gasteiger partial charge on any atom is 0.151 e. The SMILES string of the molecule is Cc1ccc(Cl)cc1Nc1ncncc1C#N. The molecule has 1 aromatic heterocycles. The highest BCUT2D eigenvalue weighted by molar-refractivity contribution is 6.30. The molecule has 1 aromatic carbocycles. The summed E-state index contributed by atoms with van der Waals surface area (Å²) in [6, 6.07) is 7.53. The lowest BCUT2D eigenvalue weighted by molar-refractivity contribution is 1.15. The first-order chi connectivity index (χ1) is 8.20. The summed E-state index contributed by atoms with van der Waals surface area (Å²) in [5.41, 5.74) is 2.25. The molecule has 17 heavy (non-hydrogen) atoms. The van der Waals surface area contributed by atoms with E-state index in [1.165, 1.54) is 12.5 Å². The number of benzene rings is 1. The number of nitriles is 1. The van der Waals surface area contributed by atoms with Gasteiger partial charge in [0.05, 0.1) is 6.20 Å². The van der Waals surface area contributed by atoms with Crippen LogP contribution in [0.5, 0.6) is 0 Å². The number of nitrogens with zero attached hydrogens (tertiary/aromatic N) is 3. The Hall–Kier alpha value is -2.12. The molecule has 0 bridgehead atoms. The number of hydrogen-bond donors (Lipinski definition) is 1. The molecule has 0 atom stereocenters. The van der Waals surface area contributed by atoms with Crippen molar-refractivity contribution in [1.82, 2.24) is 9.97 Å². The van der Waals surface area contributed by atoms with Gasteiger partial charge in [-0.1, -0.05) is 17.7 Å². The van der Waals surface area contributed by atoms with Crippen molar-refractivity contribution in [1.29, 1.82) is 5.26 Å². The average Bonchev–Trinajstić information content (AvgIpc) is 2.34. The fraction of sp³-hybridized carbons (Fsp3) is 0.0833. The summed E-state index contributed by atoms with van der Waals surface area (Å²) in [6.45, 7) is 1.95. The Morgan fingerprint density at radius 1 is 1.41 bits per heavy atom. The molecule has 1 N–H and O–H groups in total. The second-order valence-corrected chi connectivity index (χ2v) is 3.92. The van der Waals surface area contributed by atoms with Gasteiger partial charge in [0.1, 0.15) is 18.0 Å². The van der Waals surface area contributed by atoms with Gasteiger partial charge in [0.25, 0.3) is 0 Å². The molecule has 0 saturated carbocycles. The van der Waals surface area contributed by atoms with Crippen LogP contribution in [0.4, 0.5) is 11.5 Å². The molecule has 5 heteroatoms. The Labute approximate surface area is 104 Å². The Balaban J connectivity index is 2.38. The third-order valence-electron chi connectivity index (χ3n) is 2.29. The van der Waals surface area contributed by atoms with E-state index in [0.29, 0.717) is 16.4 Å². The highest BCUT2D eigenvalue weighted by Crippen LogP contribution is 2.24. The molecule has 0 unspecified atom stereocenters. The fourth-order valence-corrected chi connectivity index (χ4v) is 1.54. The van der Waals surface area contributed by atoms with Gasteiger partial charge in [0, 0.05) is 10.7 Å². The predicted molar refractivity (Wildman–Crippen MR) is 66.2 cm³/mol. The molecule has 0 fully saturated rings. The molecule has 84 valence electrons. The van der Waals surface area contributed by atoms with Crippen LogP contribution in [-0.4, -0.2) is 9.97 Å². The van der Waals surface area contributed by atoms with Crippen LogP contribution in [0.2, 0.25) is 5.02 Å². The van der Waals surface area contributed by atoms with Crippen LogP contribution in [0.25, 0.3) is 0 Å². The number of aryl methyl sites for hydroxylation is 1. The Morgan fingerprint density at radius 2 is 2.24 bits per heavy atom. The monoisotopic (exact) mass is 244 g/mol. The van der Waals surface area contributed by atoms with E-state index in [1.807, 2.05) is 25.1 Å². The minimum atomic E-state index is 0.395. The summed E-state index contributed by atoms with van der Waals surface area (Å²) in [7, 11) is 0. The lowest BCUT2D eigenvalue weighted by Gasteiger charge is -2.09. The van der Waals surface area contributed by atoms with Crippen LogP contribution in [0, 0.1) is 18.3 Å². The second kappa shape index (κ2) is 4.81. The van der Waals surface area contributed by atoms with E-state index in [1.54, 1.807) is 6.07 Å². The number of halogens is 1. The van der Waals surface area contributed by atoms with Crippen molar-refractivity contribution in [2.24, 2.45) is 0 Å². The molecule has 0 saturated heterocycles. The largest absolute Gasteiger partial charge is 0.339 e. The lowest BCUT2D eigenvalue weighted by Crippen LogP contribution is -1.99. The summed E-state index contributed by atoms with van der Waals surface area (Å²) in [6.07, 6.45) is 2.86. The van der Waals surface area contributed by atoms with Crippen molar-refractivity contribution < 1.29 is 0 Å². The predicted octanol–water partition coefficient (Wildman–Crippen LogP) is 3.05. The van der Waals surface area contributed by atoms with E-state index in [9.17, 15) is 0 Å². The van der Waals surface area contributed by atoms with Gasteiger partial charge in [-0.05, 0) is 24.6 Å². The topological polar surface area (TPSA) is 61.6 Å². The van der Waals surface area contributed by atoms with E-state index in [0.717, 1.165) is 11.3 Å². The molecule has 0 amide bonds. The summed E-state index contributed by atoms with van der Waals surface area (Å²) in [5.74, 6) is 0.480. The van der Waals surface area contributed by atoms with Crippen molar-refractivity contribution in [2.45, 2.75) is 6.92 Å². The molecule has 1 heterocycles. The normalized spacial score (nSPS) is 9.71. The second-order valence-electron chi connectivity index (χ2n) is 3.48. The van der Waals surface area contributed by atoms with Crippen molar-refractivity contribution in [3.8, 4) is 6.07 Å². The number of rotatable bonds is 2. The minimum Gasteiger partial charge on any atom is -0.339 e. The first-order valence-corrected chi connectivity index (χ1v) is 5.32. The van der Waals surface area contributed by atoms with Gasteiger partial charge in [-0.25, -0.2) is 9.97 Å². The molecule has 2 rings (SSSR count). The smallest absolute Gasteiger partial charge is 0.151 e. The number of aromatic nitrogens is 2. The van der Waals surface area contributed by atoms with Gasteiger partial charge in [-0.2, -0.15) is 5.26 Å². The first-order valence-electron chi connectivity index (χ1n) is 4.94. The Bertz CT molecular complexity index is 589. The van der Waals surface area contributed by atoms with Crippen molar-refractivity contribution in [3.05, 3.63) is 46.9 Å². The number of anilines is 2. The molecule has 0 aliphatic rings. The van der Waals surface area contributed by atoms with Gasteiger partial charge in [0.2, 0.25) is 0 Å². The molecular weight excluding hydrogens is 236 g/mol. The Morgan fingerprint density at radius 3 is 3.00 bits per heavy atom. The van der Waals surface area contributed by atoms with Crippen molar-refractivity contribution in [3.63, 3.8) is 0 Å².